The maximum absolute atomic E-state index is 12.2. The molecule has 1 amide bonds. The lowest BCUT2D eigenvalue weighted by Crippen LogP contribution is -2.20. The zero-order chi connectivity index (χ0) is 20.1. The first-order valence-electron chi connectivity index (χ1n) is 9.17. The summed E-state index contributed by atoms with van der Waals surface area (Å²) in [5.74, 6) is 1.22. The molecule has 1 aromatic heterocycles. The molecule has 0 fully saturated rings. The number of benzene rings is 3. The van der Waals surface area contributed by atoms with E-state index >= 15 is 0 Å². The van der Waals surface area contributed by atoms with Crippen molar-refractivity contribution in [2.24, 2.45) is 0 Å². The molecule has 0 aliphatic heterocycles. The van der Waals surface area contributed by atoms with Crippen LogP contribution in [-0.4, -0.2) is 22.7 Å². The number of carbonyl (C=O) groups is 1. The molecule has 0 atom stereocenters. The van der Waals surface area contributed by atoms with E-state index in [2.05, 4.69) is 15.5 Å². The van der Waals surface area contributed by atoms with Gasteiger partial charge in [-0.1, -0.05) is 59.8 Å². The molecule has 4 rings (SSSR count). The van der Waals surface area contributed by atoms with Crippen molar-refractivity contribution in [3.63, 3.8) is 0 Å². The molecule has 29 heavy (non-hydrogen) atoms. The highest BCUT2D eigenvalue weighted by molar-refractivity contribution is 5.92. The lowest BCUT2D eigenvalue weighted by molar-refractivity contribution is -0.118. The summed E-state index contributed by atoms with van der Waals surface area (Å²) in [6, 6.07) is 24.4. The van der Waals surface area contributed by atoms with Gasteiger partial charge in [-0.05, 0) is 36.8 Å². The molecule has 0 aliphatic carbocycles. The monoisotopic (exact) mass is 385 g/mol. The Morgan fingerprint density at radius 2 is 1.72 bits per heavy atom. The summed E-state index contributed by atoms with van der Waals surface area (Å²) >= 11 is 0. The summed E-state index contributed by atoms with van der Waals surface area (Å²) in [6.45, 7) is 1.84. The highest BCUT2D eigenvalue weighted by Gasteiger charge is 2.12. The lowest BCUT2D eigenvalue weighted by atomic mass is 10.2. The minimum atomic E-state index is -0.228. The third-order valence-corrected chi connectivity index (χ3v) is 4.33. The first kappa shape index (κ1) is 18.4. The molecule has 0 spiro atoms. The highest BCUT2D eigenvalue weighted by Crippen LogP contribution is 2.25. The van der Waals surface area contributed by atoms with E-state index < -0.39 is 0 Å². The molecule has 6 nitrogen and oxygen atoms in total. The molecule has 144 valence electrons. The van der Waals surface area contributed by atoms with Gasteiger partial charge in [0.2, 0.25) is 5.82 Å². The molecule has 1 heterocycles. The number of nitrogens with one attached hydrogen (secondary N) is 1. The largest absolute Gasteiger partial charge is 0.484 e. The van der Waals surface area contributed by atoms with Crippen LogP contribution in [0.5, 0.6) is 5.75 Å². The predicted octanol–water partition coefficient (Wildman–Crippen LogP) is 4.73. The van der Waals surface area contributed by atoms with Crippen LogP contribution in [0.3, 0.4) is 0 Å². The van der Waals surface area contributed by atoms with E-state index in [-0.39, 0.29) is 12.5 Å². The molecule has 0 saturated heterocycles. The first-order valence-corrected chi connectivity index (χ1v) is 9.17. The second-order valence-corrected chi connectivity index (χ2v) is 6.47. The molecular formula is C23H19N3O3. The third kappa shape index (κ3) is 4.50. The van der Waals surface area contributed by atoms with Crippen molar-refractivity contribution in [3.05, 3.63) is 84.4 Å². The number of ether oxygens (including phenoxy) is 1. The zero-order valence-electron chi connectivity index (χ0n) is 15.8. The van der Waals surface area contributed by atoms with Gasteiger partial charge in [-0.2, -0.15) is 4.98 Å². The van der Waals surface area contributed by atoms with E-state index in [4.69, 9.17) is 9.26 Å². The number of nitrogens with zero attached hydrogens (tertiary/aromatic N) is 2. The van der Waals surface area contributed by atoms with Crippen molar-refractivity contribution < 1.29 is 14.1 Å². The van der Waals surface area contributed by atoms with Crippen LogP contribution >= 0.6 is 0 Å². The molecule has 4 aromatic rings. The number of anilines is 1. The second-order valence-electron chi connectivity index (χ2n) is 6.47. The Labute approximate surface area is 168 Å². The minimum absolute atomic E-state index is 0.100. The van der Waals surface area contributed by atoms with Crippen LogP contribution in [-0.2, 0) is 4.79 Å². The Kier molecular flexibility index (Phi) is 5.33. The predicted molar refractivity (Wildman–Crippen MR) is 110 cm³/mol. The number of carbonyl (C=O) groups excluding carboxylic acids is 1. The fourth-order valence-corrected chi connectivity index (χ4v) is 2.81. The number of para-hydroxylation sites is 1. The number of hydrogen-bond donors (Lipinski definition) is 1. The summed E-state index contributed by atoms with van der Waals surface area (Å²) in [5, 5.41) is 6.87. The lowest BCUT2D eigenvalue weighted by Gasteiger charge is -2.09. The van der Waals surface area contributed by atoms with E-state index in [0.29, 0.717) is 17.5 Å². The standard InChI is InChI=1S/C23H19N3O3/c1-16-8-5-6-13-20(16)24-21(27)15-28-19-12-7-11-18(14-19)23-25-22(26-29-23)17-9-3-2-4-10-17/h2-14H,15H2,1H3,(H,24,27). The smallest absolute Gasteiger partial charge is 0.262 e. The topological polar surface area (TPSA) is 77.2 Å². The van der Waals surface area contributed by atoms with Crippen molar-refractivity contribution in [1.29, 1.82) is 0 Å². The normalized spacial score (nSPS) is 10.5. The molecule has 0 unspecified atom stereocenters. The van der Waals surface area contributed by atoms with Crippen LogP contribution in [0.2, 0.25) is 0 Å². The first-order chi connectivity index (χ1) is 14.2. The SMILES string of the molecule is Cc1ccccc1NC(=O)COc1cccc(-c2nc(-c3ccccc3)no2)c1. The van der Waals surface area contributed by atoms with Crippen molar-refractivity contribution in [3.8, 4) is 28.6 Å². The van der Waals surface area contributed by atoms with E-state index in [1.807, 2.05) is 73.7 Å². The van der Waals surface area contributed by atoms with Crippen LogP contribution in [0.4, 0.5) is 5.69 Å². The van der Waals surface area contributed by atoms with Gasteiger partial charge in [0.15, 0.2) is 6.61 Å². The van der Waals surface area contributed by atoms with Gasteiger partial charge in [-0.15, -0.1) is 0 Å². The molecule has 0 saturated carbocycles. The van der Waals surface area contributed by atoms with Gasteiger partial charge in [0.05, 0.1) is 0 Å². The van der Waals surface area contributed by atoms with Gasteiger partial charge >= 0.3 is 0 Å². The maximum atomic E-state index is 12.2. The minimum Gasteiger partial charge on any atom is -0.484 e. The molecule has 0 radical (unpaired) electrons. The quantitative estimate of drug-likeness (QED) is 0.519. The Bertz CT molecular complexity index is 1120. The Hall–Kier alpha value is -3.93. The third-order valence-electron chi connectivity index (χ3n) is 4.33. The Balaban J connectivity index is 1.42. The number of aromatic nitrogens is 2. The fourth-order valence-electron chi connectivity index (χ4n) is 2.81. The van der Waals surface area contributed by atoms with Crippen molar-refractivity contribution in [1.82, 2.24) is 10.1 Å². The summed E-state index contributed by atoms with van der Waals surface area (Å²) in [7, 11) is 0. The fraction of sp³-hybridized carbons (Fsp3) is 0.0870. The van der Waals surface area contributed by atoms with E-state index in [9.17, 15) is 4.79 Å². The van der Waals surface area contributed by atoms with Crippen molar-refractivity contribution in [2.75, 3.05) is 11.9 Å². The van der Waals surface area contributed by atoms with Gasteiger partial charge in [0, 0.05) is 16.8 Å². The molecule has 6 heteroatoms. The van der Waals surface area contributed by atoms with Crippen LogP contribution in [0.1, 0.15) is 5.56 Å². The van der Waals surface area contributed by atoms with Gasteiger partial charge in [0.25, 0.3) is 11.8 Å². The maximum Gasteiger partial charge on any atom is 0.262 e. The van der Waals surface area contributed by atoms with Crippen LogP contribution < -0.4 is 10.1 Å². The Morgan fingerprint density at radius 3 is 2.55 bits per heavy atom. The number of amides is 1. The summed E-state index contributed by atoms with van der Waals surface area (Å²) < 4.78 is 11.0. The van der Waals surface area contributed by atoms with Gasteiger partial charge in [-0.25, -0.2) is 0 Å². The summed E-state index contributed by atoms with van der Waals surface area (Å²) in [5.41, 5.74) is 3.36. The van der Waals surface area contributed by atoms with Crippen molar-refractivity contribution >= 4 is 11.6 Å². The molecular weight excluding hydrogens is 366 g/mol. The number of aryl methyl sites for hydroxylation is 1. The van der Waals surface area contributed by atoms with Crippen molar-refractivity contribution in [2.45, 2.75) is 6.92 Å². The molecule has 0 bridgehead atoms. The number of rotatable bonds is 6. The highest BCUT2D eigenvalue weighted by atomic mass is 16.5. The van der Waals surface area contributed by atoms with Crippen LogP contribution in [0, 0.1) is 6.92 Å². The average molecular weight is 385 g/mol. The van der Waals surface area contributed by atoms with E-state index in [0.717, 1.165) is 22.4 Å². The molecule has 3 aromatic carbocycles. The zero-order valence-corrected chi connectivity index (χ0v) is 15.8. The van der Waals surface area contributed by atoms with E-state index in [1.54, 1.807) is 12.1 Å². The molecule has 1 N–H and O–H groups in total. The van der Waals surface area contributed by atoms with Crippen LogP contribution in [0.15, 0.2) is 83.4 Å². The second kappa shape index (κ2) is 8.39. The van der Waals surface area contributed by atoms with Gasteiger partial charge < -0.3 is 14.6 Å². The van der Waals surface area contributed by atoms with E-state index in [1.165, 1.54) is 0 Å². The molecule has 0 aliphatic rings. The van der Waals surface area contributed by atoms with Gasteiger partial charge in [-0.3, -0.25) is 4.79 Å². The summed E-state index contributed by atoms with van der Waals surface area (Å²) in [4.78, 5) is 16.6. The summed E-state index contributed by atoms with van der Waals surface area (Å²) in [6.07, 6.45) is 0. The number of hydrogen-bond acceptors (Lipinski definition) is 5. The Morgan fingerprint density at radius 1 is 0.966 bits per heavy atom. The average Bonchev–Trinajstić information content (AvgIpc) is 3.25. The van der Waals surface area contributed by atoms with Gasteiger partial charge in [0.1, 0.15) is 5.75 Å². The van der Waals surface area contributed by atoms with Crippen LogP contribution in [0.25, 0.3) is 22.8 Å².